The first-order valence-corrected chi connectivity index (χ1v) is 6.64. The summed E-state index contributed by atoms with van der Waals surface area (Å²) in [4.78, 5) is 27.1. The molecule has 0 aliphatic heterocycles. The number of aromatic nitrogens is 3. The van der Waals surface area contributed by atoms with E-state index in [-0.39, 0.29) is 12.5 Å². The highest BCUT2D eigenvalue weighted by molar-refractivity contribution is 6.07. The van der Waals surface area contributed by atoms with Gasteiger partial charge in [-0.05, 0) is 18.2 Å². The lowest BCUT2D eigenvalue weighted by Crippen LogP contribution is -2.16. The molecule has 0 fully saturated rings. The van der Waals surface area contributed by atoms with Gasteiger partial charge < -0.3 is 19.6 Å². The van der Waals surface area contributed by atoms with E-state index in [0.717, 1.165) is 10.9 Å². The second-order valence-electron chi connectivity index (χ2n) is 4.89. The zero-order valence-electron chi connectivity index (χ0n) is 11.9. The lowest BCUT2D eigenvalue weighted by molar-refractivity contribution is -0.137. The van der Waals surface area contributed by atoms with E-state index in [9.17, 15) is 9.59 Å². The number of anilines is 1. The van der Waals surface area contributed by atoms with Crippen LogP contribution in [0.25, 0.3) is 10.9 Å². The fraction of sp³-hybridized carbons (Fsp3) is 0.133. The van der Waals surface area contributed by atoms with E-state index in [0.29, 0.717) is 11.5 Å². The van der Waals surface area contributed by atoms with Gasteiger partial charge in [0.05, 0.1) is 11.2 Å². The summed E-state index contributed by atoms with van der Waals surface area (Å²) in [6, 6.07) is 7.14. The van der Waals surface area contributed by atoms with Gasteiger partial charge in [0, 0.05) is 31.0 Å². The first-order chi connectivity index (χ1) is 10.6. The number of carbonyl (C=O) groups is 2. The third-order valence-corrected chi connectivity index (χ3v) is 3.39. The van der Waals surface area contributed by atoms with Crippen LogP contribution in [-0.2, 0) is 18.4 Å². The number of hydrogen-bond acceptors (Lipinski definition) is 3. The third-order valence-electron chi connectivity index (χ3n) is 3.39. The minimum absolute atomic E-state index is 0.125. The molecule has 22 heavy (non-hydrogen) atoms. The van der Waals surface area contributed by atoms with Crippen molar-refractivity contribution in [3.05, 3.63) is 48.7 Å². The molecule has 1 aromatic carbocycles. The molecule has 3 rings (SSSR count). The number of aryl methyl sites for hydroxylation is 1. The lowest BCUT2D eigenvalue weighted by Gasteiger charge is -2.07. The number of fused-ring (bicyclic) bond motifs is 1. The number of aliphatic carboxylic acids is 1. The van der Waals surface area contributed by atoms with Gasteiger partial charge in [-0.3, -0.25) is 9.59 Å². The predicted octanol–water partition coefficient (Wildman–Crippen LogP) is 1.71. The van der Waals surface area contributed by atoms with Crippen LogP contribution in [0.5, 0.6) is 0 Å². The minimum Gasteiger partial charge on any atom is -0.480 e. The van der Waals surface area contributed by atoms with Crippen molar-refractivity contribution >= 4 is 28.5 Å². The van der Waals surface area contributed by atoms with Gasteiger partial charge in [0.2, 0.25) is 0 Å². The van der Waals surface area contributed by atoms with Crippen molar-refractivity contribution in [2.45, 2.75) is 6.54 Å². The molecule has 0 aliphatic carbocycles. The Labute approximate surface area is 125 Å². The summed E-state index contributed by atoms with van der Waals surface area (Å²) < 4.78 is 3.25. The molecular weight excluding hydrogens is 284 g/mol. The van der Waals surface area contributed by atoms with Crippen LogP contribution in [0.3, 0.4) is 0 Å². The first-order valence-electron chi connectivity index (χ1n) is 6.64. The van der Waals surface area contributed by atoms with E-state index >= 15 is 0 Å². The Balaban J connectivity index is 1.95. The fourth-order valence-corrected chi connectivity index (χ4v) is 2.38. The molecule has 112 valence electrons. The number of carbonyl (C=O) groups excluding carboxylic acids is 1. The van der Waals surface area contributed by atoms with Gasteiger partial charge in [0.15, 0.2) is 5.82 Å². The summed E-state index contributed by atoms with van der Waals surface area (Å²) in [7, 11) is 1.74. The monoisotopic (exact) mass is 298 g/mol. The van der Waals surface area contributed by atoms with Crippen LogP contribution in [0.4, 0.5) is 5.69 Å². The lowest BCUT2D eigenvalue weighted by atomic mass is 10.2. The highest BCUT2D eigenvalue weighted by Crippen LogP contribution is 2.25. The average Bonchev–Trinajstić information content (AvgIpc) is 3.06. The quantitative estimate of drug-likeness (QED) is 0.767. The summed E-state index contributed by atoms with van der Waals surface area (Å²) >= 11 is 0. The maximum Gasteiger partial charge on any atom is 0.323 e. The fourth-order valence-electron chi connectivity index (χ4n) is 2.38. The molecule has 0 bridgehead atoms. The molecule has 0 aliphatic rings. The Morgan fingerprint density at radius 1 is 1.27 bits per heavy atom. The second-order valence-corrected chi connectivity index (χ2v) is 4.89. The summed E-state index contributed by atoms with van der Waals surface area (Å²) in [6.45, 7) is -0.125. The number of hydrogen-bond donors (Lipinski definition) is 2. The van der Waals surface area contributed by atoms with Gasteiger partial charge in [0.25, 0.3) is 5.91 Å². The SMILES string of the molecule is Cn1ccnc1C(=O)Nc1cccc2c1ccn2CC(=O)O. The highest BCUT2D eigenvalue weighted by atomic mass is 16.4. The van der Waals surface area contributed by atoms with Crippen molar-refractivity contribution in [1.29, 1.82) is 0 Å². The van der Waals surface area contributed by atoms with Crippen LogP contribution in [-0.4, -0.2) is 31.1 Å². The third kappa shape index (κ3) is 2.44. The van der Waals surface area contributed by atoms with Crippen LogP contribution >= 0.6 is 0 Å². The van der Waals surface area contributed by atoms with Crippen molar-refractivity contribution in [3.63, 3.8) is 0 Å². The first kappa shape index (κ1) is 13.9. The molecule has 3 aromatic rings. The maximum absolute atomic E-state index is 12.2. The van der Waals surface area contributed by atoms with E-state index in [2.05, 4.69) is 10.3 Å². The standard InChI is InChI=1S/C15H14N4O3/c1-18-8-6-16-14(18)15(22)17-11-3-2-4-12-10(11)5-7-19(12)9-13(20)21/h2-8H,9H2,1H3,(H,17,22)(H,20,21). The van der Waals surface area contributed by atoms with E-state index in [4.69, 9.17) is 5.11 Å². The van der Waals surface area contributed by atoms with Gasteiger partial charge >= 0.3 is 5.97 Å². The number of amides is 1. The van der Waals surface area contributed by atoms with Crippen LogP contribution in [0.15, 0.2) is 42.9 Å². The Kier molecular flexibility index (Phi) is 3.38. The number of rotatable bonds is 4. The maximum atomic E-state index is 12.2. The average molecular weight is 298 g/mol. The molecule has 1 amide bonds. The zero-order chi connectivity index (χ0) is 15.7. The van der Waals surface area contributed by atoms with E-state index in [1.54, 1.807) is 53.0 Å². The molecule has 0 radical (unpaired) electrons. The topological polar surface area (TPSA) is 89.2 Å². The molecule has 7 nitrogen and oxygen atoms in total. The predicted molar refractivity (Wildman–Crippen MR) is 80.7 cm³/mol. The molecule has 0 atom stereocenters. The molecule has 7 heteroatoms. The van der Waals surface area contributed by atoms with Crippen molar-refractivity contribution in [3.8, 4) is 0 Å². The summed E-state index contributed by atoms with van der Waals surface area (Å²) in [5.41, 5.74) is 1.37. The van der Waals surface area contributed by atoms with Gasteiger partial charge in [-0.25, -0.2) is 4.98 Å². The van der Waals surface area contributed by atoms with Crippen molar-refractivity contribution in [2.75, 3.05) is 5.32 Å². The van der Waals surface area contributed by atoms with Gasteiger partial charge in [-0.2, -0.15) is 0 Å². The van der Waals surface area contributed by atoms with E-state index < -0.39 is 5.97 Å². The molecule has 0 saturated carbocycles. The summed E-state index contributed by atoms with van der Waals surface area (Å²) in [5, 5.41) is 12.5. The van der Waals surface area contributed by atoms with Crippen LogP contribution in [0.2, 0.25) is 0 Å². The molecular formula is C15H14N4O3. The van der Waals surface area contributed by atoms with Crippen molar-refractivity contribution in [2.24, 2.45) is 7.05 Å². The molecule has 2 heterocycles. The number of carboxylic acid groups (broad SMARTS) is 1. The van der Waals surface area contributed by atoms with E-state index in [1.807, 2.05) is 6.07 Å². The van der Waals surface area contributed by atoms with E-state index in [1.165, 1.54) is 0 Å². The summed E-state index contributed by atoms with van der Waals surface area (Å²) in [6.07, 6.45) is 4.94. The second kappa shape index (κ2) is 5.36. The van der Waals surface area contributed by atoms with Crippen LogP contribution < -0.4 is 5.32 Å². The Bertz CT molecular complexity index is 863. The highest BCUT2D eigenvalue weighted by Gasteiger charge is 2.14. The number of imidazole rings is 1. The molecule has 0 spiro atoms. The van der Waals surface area contributed by atoms with Gasteiger partial charge in [0.1, 0.15) is 6.54 Å². The summed E-state index contributed by atoms with van der Waals surface area (Å²) in [5.74, 6) is -0.923. The van der Waals surface area contributed by atoms with Crippen LogP contribution in [0.1, 0.15) is 10.6 Å². The smallest absolute Gasteiger partial charge is 0.323 e. The molecule has 2 N–H and O–H groups in total. The molecule has 2 aromatic heterocycles. The van der Waals surface area contributed by atoms with Gasteiger partial charge in [-0.15, -0.1) is 0 Å². The minimum atomic E-state index is -0.917. The Morgan fingerprint density at radius 3 is 2.77 bits per heavy atom. The van der Waals surface area contributed by atoms with Gasteiger partial charge in [-0.1, -0.05) is 6.07 Å². The molecule has 0 saturated heterocycles. The number of nitrogens with one attached hydrogen (secondary N) is 1. The number of benzene rings is 1. The number of carboxylic acids is 1. The zero-order valence-corrected chi connectivity index (χ0v) is 11.9. The van der Waals surface area contributed by atoms with Crippen molar-refractivity contribution < 1.29 is 14.7 Å². The normalized spacial score (nSPS) is 10.8. The largest absolute Gasteiger partial charge is 0.480 e. The number of nitrogens with zero attached hydrogens (tertiary/aromatic N) is 3. The Morgan fingerprint density at radius 2 is 2.09 bits per heavy atom. The molecule has 0 unspecified atom stereocenters. The van der Waals surface area contributed by atoms with Crippen molar-refractivity contribution in [1.82, 2.24) is 14.1 Å². The Hall–Kier alpha value is -3.09. The van der Waals surface area contributed by atoms with Crippen LogP contribution in [0, 0.1) is 0 Å².